The van der Waals surface area contributed by atoms with Gasteiger partial charge in [-0.1, -0.05) is 30.3 Å². The molecule has 0 radical (unpaired) electrons. The fourth-order valence-corrected chi connectivity index (χ4v) is 3.38. The molecule has 0 unspecified atom stereocenters. The summed E-state index contributed by atoms with van der Waals surface area (Å²) in [6.45, 7) is 1.48. The van der Waals surface area contributed by atoms with E-state index in [-0.39, 0.29) is 25.0 Å². The monoisotopic (exact) mass is 390 g/mol. The molecule has 6 heteroatoms. The third kappa shape index (κ3) is 3.87. The van der Waals surface area contributed by atoms with E-state index in [9.17, 15) is 9.59 Å². The Morgan fingerprint density at radius 1 is 1.12 bits per heavy atom. The molecular formula is C18H19BrN2O3. The highest BCUT2D eigenvalue weighted by atomic mass is 79.9. The van der Waals surface area contributed by atoms with Crippen molar-refractivity contribution in [3.8, 4) is 5.75 Å². The topological polar surface area (TPSA) is 58.6 Å². The smallest absolute Gasteiger partial charge is 0.258 e. The van der Waals surface area contributed by atoms with Crippen LogP contribution in [0.1, 0.15) is 12.8 Å². The predicted octanol–water partition coefficient (Wildman–Crippen LogP) is 2.72. The lowest BCUT2D eigenvalue weighted by molar-refractivity contribution is -0.132. The van der Waals surface area contributed by atoms with Crippen molar-refractivity contribution in [3.63, 3.8) is 0 Å². The largest absolute Gasteiger partial charge is 0.483 e. The van der Waals surface area contributed by atoms with Crippen molar-refractivity contribution in [2.75, 3.05) is 26.2 Å². The molecule has 0 saturated carbocycles. The van der Waals surface area contributed by atoms with E-state index in [1.165, 1.54) is 0 Å². The molecule has 5 nitrogen and oxygen atoms in total. The van der Waals surface area contributed by atoms with Gasteiger partial charge in [0.05, 0.1) is 11.0 Å². The van der Waals surface area contributed by atoms with E-state index in [2.05, 4.69) is 21.2 Å². The van der Waals surface area contributed by atoms with Crippen LogP contribution < -0.4 is 10.1 Å². The van der Waals surface area contributed by atoms with Crippen molar-refractivity contribution in [1.82, 2.24) is 10.2 Å². The minimum absolute atomic E-state index is 0.0289. The van der Waals surface area contributed by atoms with Crippen LogP contribution in [0.3, 0.4) is 0 Å². The van der Waals surface area contributed by atoms with Gasteiger partial charge in [0.15, 0.2) is 6.61 Å². The molecular weight excluding hydrogens is 372 g/mol. The summed E-state index contributed by atoms with van der Waals surface area (Å²) in [6, 6.07) is 11.7. The van der Waals surface area contributed by atoms with Crippen LogP contribution in [-0.2, 0) is 9.59 Å². The van der Waals surface area contributed by atoms with Gasteiger partial charge < -0.3 is 15.0 Å². The normalized spacial score (nSPS) is 14.0. The maximum atomic E-state index is 11.9. The number of hydrogen-bond donors (Lipinski definition) is 1. The summed E-state index contributed by atoms with van der Waals surface area (Å²) in [4.78, 5) is 25.6. The second-order valence-corrected chi connectivity index (χ2v) is 6.55. The number of hydrogen-bond acceptors (Lipinski definition) is 3. The standard InChI is InChI=1S/C18H19BrN2O3/c19-18-14-6-2-1-5-13(14)7-8-15(18)24-12-16(22)20-11-17(23)21-9-3-4-10-21/h1-2,5-8H,3-4,9-12H2,(H,20,22). The van der Waals surface area contributed by atoms with E-state index >= 15 is 0 Å². The zero-order valence-electron chi connectivity index (χ0n) is 13.3. The number of carbonyl (C=O) groups excluding carboxylic acids is 2. The van der Waals surface area contributed by atoms with E-state index in [0.29, 0.717) is 5.75 Å². The first-order chi connectivity index (χ1) is 11.6. The van der Waals surface area contributed by atoms with Crippen LogP contribution in [0, 0.1) is 0 Å². The third-order valence-corrected chi connectivity index (χ3v) is 4.90. The maximum Gasteiger partial charge on any atom is 0.258 e. The zero-order valence-corrected chi connectivity index (χ0v) is 14.8. The molecule has 2 aromatic carbocycles. The predicted molar refractivity (Wildman–Crippen MR) is 96.0 cm³/mol. The van der Waals surface area contributed by atoms with E-state index in [0.717, 1.165) is 41.2 Å². The molecule has 1 fully saturated rings. The second-order valence-electron chi connectivity index (χ2n) is 5.75. The molecule has 1 aliphatic heterocycles. The number of fused-ring (bicyclic) bond motifs is 1. The molecule has 1 heterocycles. The lowest BCUT2D eigenvalue weighted by atomic mass is 10.1. The third-order valence-electron chi connectivity index (χ3n) is 4.08. The number of nitrogens with zero attached hydrogens (tertiary/aromatic N) is 1. The number of nitrogens with one attached hydrogen (secondary N) is 1. The van der Waals surface area contributed by atoms with Crippen LogP contribution in [-0.4, -0.2) is 43.0 Å². The fraction of sp³-hybridized carbons (Fsp3) is 0.333. The molecule has 0 bridgehead atoms. The maximum absolute atomic E-state index is 11.9. The molecule has 0 atom stereocenters. The number of ether oxygens (including phenoxy) is 1. The Balaban J connectivity index is 1.52. The molecule has 1 saturated heterocycles. The summed E-state index contributed by atoms with van der Waals surface area (Å²) >= 11 is 3.52. The Labute approximate surface area is 149 Å². The summed E-state index contributed by atoms with van der Waals surface area (Å²) in [6.07, 6.45) is 2.08. The van der Waals surface area contributed by atoms with Crippen molar-refractivity contribution < 1.29 is 14.3 Å². The van der Waals surface area contributed by atoms with Crippen LogP contribution in [0.5, 0.6) is 5.75 Å². The number of rotatable bonds is 5. The van der Waals surface area contributed by atoms with Gasteiger partial charge in [0.1, 0.15) is 5.75 Å². The van der Waals surface area contributed by atoms with Crippen molar-refractivity contribution in [2.45, 2.75) is 12.8 Å². The highest BCUT2D eigenvalue weighted by molar-refractivity contribution is 9.10. The quantitative estimate of drug-likeness (QED) is 0.853. The highest BCUT2D eigenvalue weighted by Gasteiger charge is 2.18. The fourth-order valence-electron chi connectivity index (χ4n) is 2.77. The van der Waals surface area contributed by atoms with Crippen molar-refractivity contribution in [2.24, 2.45) is 0 Å². The van der Waals surface area contributed by atoms with Gasteiger partial charge in [-0.3, -0.25) is 9.59 Å². The Hall–Kier alpha value is -2.08. The first-order valence-electron chi connectivity index (χ1n) is 7.99. The van der Waals surface area contributed by atoms with Crippen molar-refractivity contribution in [3.05, 3.63) is 40.9 Å². The second kappa shape index (κ2) is 7.66. The average molecular weight is 391 g/mol. The molecule has 0 spiro atoms. The summed E-state index contributed by atoms with van der Waals surface area (Å²) in [5.41, 5.74) is 0. The van der Waals surface area contributed by atoms with Gasteiger partial charge in [0.2, 0.25) is 5.91 Å². The molecule has 0 aliphatic carbocycles. The van der Waals surface area contributed by atoms with Gasteiger partial charge in [-0.2, -0.15) is 0 Å². The molecule has 2 aromatic rings. The van der Waals surface area contributed by atoms with Crippen LogP contribution in [0.4, 0.5) is 0 Å². The van der Waals surface area contributed by atoms with Gasteiger partial charge in [-0.05, 0) is 45.6 Å². The molecule has 24 heavy (non-hydrogen) atoms. The Morgan fingerprint density at radius 2 is 1.88 bits per heavy atom. The number of halogens is 1. The zero-order chi connectivity index (χ0) is 16.9. The molecule has 2 amide bonds. The SMILES string of the molecule is O=C(COc1ccc2ccccc2c1Br)NCC(=O)N1CCCC1. The molecule has 0 aromatic heterocycles. The van der Waals surface area contributed by atoms with Crippen LogP contribution in [0.15, 0.2) is 40.9 Å². The van der Waals surface area contributed by atoms with Gasteiger partial charge in [-0.15, -0.1) is 0 Å². The summed E-state index contributed by atoms with van der Waals surface area (Å²) in [5, 5.41) is 4.74. The minimum Gasteiger partial charge on any atom is -0.483 e. The first kappa shape index (κ1) is 16.8. The van der Waals surface area contributed by atoms with Gasteiger partial charge in [-0.25, -0.2) is 0 Å². The van der Waals surface area contributed by atoms with Gasteiger partial charge in [0, 0.05) is 13.1 Å². The summed E-state index contributed by atoms with van der Waals surface area (Å²) < 4.78 is 6.40. The minimum atomic E-state index is -0.303. The number of likely N-dealkylation sites (tertiary alicyclic amines) is 1. The highest BCUT2D eigenvalue weighted by Crippen LogP contribution is 2.32. The summed E-state index contributed by atoms with van der Waals surface area (Å²) in [7, 11) is 0. The lowest BCUT2D eigenvalue weighted by Gasteiger charge is -2.15. The summed E-state index contributed by atoms with van der Waals surface area (Å²) in [5.74, 6) is 0.269. The van der Waals surface area contributed by atoms with Crippen LogP contribution in [0.25, 0.3) is 10.8 Å². The van der Waals surface area contributed by atoms with Gasteiger partial charge >= 0.3 is 0 Å². The van der Waals surface area contributed by atoms with Crippen molar-refractivity contribution in [1.29, 1.82) is 0 Å². The van der Waals surface area contributed by atoms with E-state index in [4.69, 9.17) is 4.74 Å². The lowest BCUT2D eigenvalue weighted by Crippen LogP contribution is -2.40. The van der Waals surface area contributed by atoms with E-state index in [1.807, 2.05) is 36.4 Å². The number of amides is 2. The molecule has 1 N–H and O–H groups in total. The molecule has 1 aliphatic rings. The Morgan fingerprint density at radius 3 is 2.67 bits per heavy atom. The number of benzene rings is 2. The number of carbonyl (C=O) groups is 2. The van der Waals surface area contributed by atoms with E-state index in [1.54, 1.807) is 4.90 Å². The Kier molecular flexibility index (Phi) is 5.35. The molecule has 3 rings (SSSR count). The van der Waals surface area contributed by atoms with Crippen molar-refractivity contribution >= 4 is 38.5 Å². The average Bonchev–Trinajstić information content (AvgIpc) is 3.14. The van der Waals surface area contributed by atoms with Crippen LogP contribution in [0.2, 0.25) is 0 Å². The molecule has 126 valence electrons. The Bertz CT molecular complexity index is 757. The van der Waals surface area contributed by atoms with Crippen LogP contribution >= 0.6 is 15.9 Å². The van der Waals surface area contributed by atoms with Gasteiger partial charge in [0.25, 0.3) is 5.91 Å². The van der Waals surface area contributed by atoms with E-state index < -0.39 is 0 Å². The first-order valence-corrected chi connectivity index (χ1v) is 8.79.